The molecule has 3 unspecified atom stereocenters. The van der Waals surface area contributed by atoms with Gasteiger partial charge in [-0.15, -0.1) is 0 Å². The number of methoxy groups -OCH3 is 1. The summed E-state index contributed by atoms with van der Waals surface area (Å²) in [4.78, 5) is 12.0. The maximum Gasteiger partial charge on any atom is 0.309 e. The van der Waals surface area contributed by atoms with E-state index < -0.39 is 5.79 Å². The Kier molecular flexibility index (Phi) is 4.02. The molecule has 1 saturated heterocycles. The molecule has 0 bridgehead atoms. The van der Waals surface area contributed by atoms with Crippen LogP contribution in [0.2, 0.25) is 0 Å². The van der Waals surface area contributed by atoms with Crippen LogP contribution in [0.25, 0.3) is 0 Å². The molecule has 0 N–H and O–H groups in total. The van der Waals surface area contributed by atoms with Crippen LogP contribution in [-0.2, 0) is 19.0 Å². The van der Waals surface area contributed by atoms with Crippen molar-refractivity contribution >= 4 is 5.97 Å². The molecule has 0 radical (unpaired) electrons. The van der Waals surface area contributed by atoms with E-state index in [9.17, 15) is 4.79 Å². The van der Waals surface area contributed by atoms with Crippen LogP contribution in [0.15, 0.2) is 11.1 Å². The van der Waals surface area contributed by atoms with Crippen molar-refractivity contribution in [2.24, 2.45) is 11.8 Å². The highest BCUT2D eigenvalue weighted by Gasteiger charge is 2.46. The minimum atomic E-state index is -0.543. The summed E-state index contributed by atoms with van der Waals surface area (Å²) in [5.74, 6) is -0.606. The highest BCUT2D eigenvalue weighted by atomic mass is 16.7. The summed E-state index contributed by atoms with van der Waals surface area (Å²) in [5, 5.41) is 0. The summed E-state index contributed by atoms with van der Waals surface area (Å²) in [6.45, 7) is 8.58. The molecule has 2 aliphatic rings. The molecule has 0 amide bonds. The van der Waals surface area contributed by atoms with Gasteiger partial charge in [0.2, 0.25) is 0 Å². The lowest BCUT2D eigenvalue weighted by molar-refractivity contribution is -0.157. The lowest BCUT2D eigenvalue weighted by Gasteiger charge is -2.24. The number of allylic oxidation sites excluding steroid dienone is 2. The first-order chi connectivity index (χ1) is 8.84. The van der Waals surface area contributed by atoms with E-state index in [-0.39, 0.29) is 23.9 Å². The molecule has 1 saturated carbocycles. The highest BCUT2D eigenvalue weighted by molar-refractivity contribution is 5.74. The smallest absolute Gasteiger partial charge is 0.309 e. The second-order valence-electron chi connectivity index (χ2n) is 6.17. The van der Waals surface area contributed by atoms with E-state index in [1.165, 1.54) is 18.3 Å². The fourth-order valence-electron chi connectivity index (χ4n) is 3.06. The Morgan fingerprint density at radius 2 is 2.00 bits per heavy atom. The molecule has 19 heavy (non-hydrogen) atoms. The number of hydrogen-bond donors (Lipinski definition) is 0. The van der Waals surface area contributed by atoms with Crippen molar-refractivity contribution < 1.29 is 19.0 Å². The zero-order valence-corrected chi connectivity index (χ0v) is 12.5. The van der Waals surface area contributed by atoms with Crippen molar-refractivity contribution in [2.45, 2.75) is 52.4 Å². The van der Waals surface area contributed by atoms with Gasteiger partial charge in [0.1, 0.15) is 0 Å². The van der Waals surface area contributed by atoms with Crippen LogP contribution in [0.5, 0.6) is 0 Å². The van der Waals surface area contributed by atoms with Crippen molar-refractivity contribution in [2.75, 3.05) is 13.7 Å². The number of hydrogen-bond acceptors (Lipinski definition) is 4. The molecule has 0 spiro atoms. The molecule has 0 aromatic heterocycles. The van der Waals surface area contributed by atoms with E-state index in [2.05, 4.69) is 13.8 Å². The topological polar surface area (TPSA) is 44.8 Å². The molecular weight excluding hydrogens is 244 g/mol. The van der Waals surface area contributed by atoms with Crippen LogP contribution in [-0.4, -0.2) is 31.6 Å². The molecule has 1 heterocycles. The lowest BCUT2D eigenvalue weighted by atomic mass is 9.91. The molecule has 1 aliphatic heterocycles. The highest BCUT2D eigenvalue weighted by Crippen LogP contribution is 2.43. The second-order valence-corrected chi connectivity index (χ2v) is 6.17. The largest absolute Gasteiger partial charge is 0.469 e. The van der Waals surface area contributed by atoms with E-state index >= 15 is 0 Å². The number of esters is 1. The molecule has 108 valence electrons. The predicted octanol–water partition coefficient (Wildman–Crippen LogP) is 2.67. The van der Waals surface area contributed by atoms with Gasteiger partial charge in [0.25, 0.3) is 0 Å². The van der Waals surface area contributed by atoms with Crippen molar-refractivity contribution in [3.05, 3.63) is 11.1 Å². The van der Waals surface area contributed by atoms with Gasteiger partial charge in [-0.3, -0.25) is 4.79 Å². The van der Waals surface area contributed by atoms with Crippen LogP contribution >= 0.6 is 0 Å². The van der Waals surface area contributed by atoms with E-state index in [0.717, 1.165) is 12.8 Å². The van der Waals surface area contributed by atoms with Crippen molar-refractivity contribution in [1.82, 2.24) is 0 Å². The molecule has 0 aromatic rings. The van der Waals surface area contributed by atoms with E-state index in [4.69, 9.17) is 14.2 Å². The number of carbonyl (C=O) groups is 1. The summed E-state index contributed by atoms with van der Waals surface area (Å²) in [5.41, 5.74) is 2.66. The van der Waals surface area contributed by atoms with Gasteiger partial charge < -0.3 is 14.2 Å². The summed E-state index contributed by atoms with van der Waals surface area (Å²) in [7, 11) is 1.45. The number of carbonyl (C=O) groups excluding carboxylic acids is 1. The Balaban J connectivity index is 2.17. The fraction of sp³-hybridized carbons (Fsp3) is 0.800. The van der Waals surface area contributed by atoms with Gasteiger partial charge in [-0.25, -0.2) is 0 Å². The van der Waals surface area contributed by atoms with Crippen LogP contribution in [0.1, 0.15) is 40.5 Å². The first-order valence-corrected chi connectivity index (χ1v) is 6.89. The van der Waals surface area contributed by atoms with E-state index in [0.29, 0.717) is 6.61 Å². The van der Waals surface area contributed by atoms with Crippen molar-refractivity contribution in [3.63, 3.8) is 0 Å². The van der Waals surface area contributed by atoms with Gasteiger partial charge in [0.15, 0.2) is 5.79 Å². The van der Waals surface area contributed by atoms with Crippen molar-refractivity contribution in [1.29, 1.82) is 0 Å². The Hall–Kier alpha value is -0.870. The van der Waals surface area contributed by atoms with Gasteiger partial charge in [0.05, 0.1) is 25.7 Å². The van der Waals surface area contributed by atoms with Gasteiger partial charge in [-0.1, -0.05) is 11.1 Å². The molecular formula is C15H24O4. The zero-order valence-electron chi connectivity index (χ0n) is 12.5. The summed E-state index contributed by atoms with van der Waals surface area (Å²) >= 11 is 0. The van der Waals surface area contributed by atoms with Gasteiger partial charge in [-0.2, -0.15) is 0 Å². The summed E-state index contributed by atoms with van der Waals surface area (Å²) in [6, 6.07) is 0. The second kappa shape index (κ2) is 5.25. The maximum atomic E-state index is 12.0. The van der Waals surface area contributed by atoms with E-state index in [1.54, 1.807) is 0 Å². The molecule has 3 atom stereocenters. The molecule has 2 fully saturated rings. The van der Waals surface area contributed by atoms with Crippen LogP contribution in [0, 0.1) is 11.8 Å². The molecule has 4 heteroatoms. The van der Waals surface area contributed by atoms with Gasteiger partial charge >= 0.3 is 5.97 Å². The first-order valence-electron chi connectivity index (χ1n) is 6.89. The van der Waals surface area contributed by atoms with Crippen LogP contribution < -0.4 is 0 Å². The van der Waals surface area contributed by atoms with Gasteiger partial charge in [0, 0.05) is 5.92 Å². The summed E-state index contributed by atoms with van der Waals surface area (Å²) in [6.07, 6.45) is 1.68. The van der Waals surface area contributed by atoms with Crippen LogP contribution in [0.3, 0.4) is 0 Å². The minimum Gasteiger partial charge on any atom is -0.469 e. The van der Waals surface area contributed by atoms with Crippen LogP contribution in [0.4, 0.5) is 0 Å². The third-order valence-electron chi connectivity index (χ3n) is 4.18. The maximum absolute atomic E-state index is 12.0. The standard InChI is InChI=1S/C15H24O4/c1-9(2)10-6-11(12(7-10)14(16)17-5)13-8-18-15(3,4)19-13/h11-13H,6-8H2,1-5H3. The third-order valence-corrected chi connectivity index (χ3v) is 4.18. The lowest BCUT2D eigenvalue weighted by Crippen LogP contribution is -2.32. The van der Waals surface area contributed by atoms with Gasteiger partial charge in [-0.05, 0) is 40.5 Å². The SMILES string of the molecule is COC(=O)C1CC(=C(C)C)CC1C1COC(C)(C)O1. The minimum absolute atomic E-state index is 0.0176. The molecule has 4 nitrogen and oxygen atoms in total. The van der Waals surface area contributed by atoms with E-state index in [1.807, 2.05) is 13.8 Å². The Labute approximate surface area is 115 Å². The average Bonchev–Trinajstić information content (AvgIpc) is 2.91. The predicted molar refractivity (Wildman–Crippen MR) is 71.5 cm³/mol. The Morgan fingerprint density at radius 3 is 2.47 bits per heavy atom. The first kappa shape index (κ1) is 14.5. The fourth-order valence-corrected chi connectivity index (χ4v) is 3.06. The molecule has 2 rings (SSSR count). The number of rotatable bonds is 2. The number of ether oxygens (including phenoxy) is 3. The van der Waals surface area contributed by atoms with Crippen molar-refractivity contribution in [3.8, 4) is 0 Å². The zero-order chi connectivity index (χ0) is 14.2. The monoisotopic (exact) mass is 268 g/mol. The Bertz CT molecular complexity index is 393. The Morgan fingerprint density at radius 1 is 1.32 bits per heavy atom. The normalized spacial score (nSPS) is 33.5. The molecule has 0 aromatic carbocycles. The summed E-state index contributed by atoms with van der Waals surface area (Å²) < 4.78 is 16.5. The quantitative estimate of drug-likeness (QED) is 0.570. The average molecular weight is 268 g/mol. The third kappa shape index (κ3) is 3.00. The molecule has 1 aliphatic carbocycles.